The number of carbonyl (C=O) groups excluding carboxylic acids is 1. The predicted octanol–water partition coefficient (Wildman–Crippen LogP) is 2.60. The van der Waals surface area contributed by atoms with Gasteiger partial charge >= 0.3 is 0 Å². The van der Waals surface area contributed by atoms with Crippen LogP contribution in [-0.2, 0) is 4.79 Å². The van der Waals surface area contributed by atoms with Crippen molar-refractivity contribution in [2.24, 2.45) is 0 Å². The van der Waals surface area contributed by atoms with E-state index in [1.54, 1.807) is 6.08 Å². The Bertz CT molecular complexity index is 522. The Morgan fingerprint density at radius 2 is 2.29 bits per heavy atom. The lowest BCUT2D eigenvalue weighted by Gasteiger charge is -2.07. The number of hydrogen-bond donors (Lipinski definition) is 1. The molecule has 1 saturated heterocycles. The van der Waals surface area contributed by atoms with E-state index in [1.807, 2.05) is 25.1 Å². The summed E-state index contributed by atoms with van der Waals surface area (Å²) in [6.07, 6.45) is 1.68. The van der Waals surface area contributed by atoms with Crippen molar-refractivity contribution < 1.29 is 9.21 Å². The summed E-state index contributed by atoms with van der Waals surface area (Å²) in [7, 11) is 3.76. The molecule has 90 valence electrons. The molecule has 17 heavy (non-hydrogen) atoms. The number of carbonyl (C=O) groups is 1. The first-order valence-electron chi connectivity index (χ1n) is 4.69. The van der Waals surface area contributed by atoms with Crippen molar-refractivity contribution in [2.45, 2.75) is 0 Å². The number of furan rings is 1. The average molecular weight is 333 g/mol. The Morgan fingerprint density at radius 3 is 2.76 bits per heavy atom. The summed E-state index contributed by atoms with van der Waals surface area (Å²) in [5.41, 5.74) is 0. The van der Waals surface area contributed by atoms with E-state index in [2.05, 4.69) is 21.2 Å². The van der Waals surface area contributed by atoms with Crippen molar-refractivity contribution in [3.05, 3.63) is 21.2 Å². The Kier molecular flexibility index (Phi) is 3.60. The van der Waals surface area contributed by atoms with Crippen LogP contribution in [0.3, 0.4) is 0 Å². The summed E-state index contributed by atoms with van der Waals surface area (Å²) in [6.45, 7) is 0. The van der Waals surface area contributed by atoms with Gasteiger partial charge in [0.15, 0.2) is 0 Å². The van der Waals surface area contributed by atoms with E-state index >= 15 is 0 Å². The number of hydrogen-bond acceptors (Lipinski definition) is 5. The van der Waals surface area contributed by atoms with Gasteiger partial charge in [0.05, 0.1) is 9.38 Å². The molecule has 1 aromatic heterocycles. The Hall–Kier alpha value is -0.790. The van der Waals surface area contributed by atoms with Gasteiger partial charge in [-0.2, -0.15) is 0 Å². The lowest BCUT2D eigenvalue weighted by molar-refractivity contribution is -0.115. The zero-order valence-corrected chi connectivity index (χ0v) is 12.3. The molecule has 1 N–H and O–H groups in total. The van der Waals surface area contributed by atoms with Gasteiger partial charge in [0.2, 0.25) is 5.88 Å². The lowest BCUT2D eigenvalue weighted by Crippen LogP contribution is -2.17. The maximum absolute atomic E-state index is 11.5. The van der Waals surface area contributed by atoms with Crippen LogP contribution in [0.25, 0.3) is 6.08 Å². The molecule has 1 aliphatic rings. The average Bonchev–Trinajstić information content (AvgIpc) is 2.71. The van der Waals surface area contributed by atoms with Gasteiger partial charge in [-0.1, -0.05) is 24.0 Å². The summed E-state index contributed by atoms with van der Waals surface area (Å²) in [6, 6.07) is 1.82. The van der Waals surface area contributed by atoms with Crippen LogP contribution >= 0.6 is 39.9 Å². The monoisotopic (exact) mass is 332 g/mol. The van der Waals surface area contributed by atoms with E-state index in [-0.39, 0.29) is 5.91 Å². The van der Waals surface area contributed by atoms with E-state index in [9.17, 15) is 4.79 Å². The number of nitrogens with zero attached hydrogens (tertiary/aromatic N) is 1. The Labute approximate surface area is 117 Å². The molecule has 1 aliphatic heterocycles. The fourth-order valence-electron chi connectivity index (χ4n) is 1.30. The van der Waals surface area contributed by atoms with Crippen LogP contribution in [0.15, 0.2) is 19.9 Å². The number of nitrogens with one attached hydrogen (secondary N) is 1. The number of rotatable bonds is 2. The normalized spacial score (nSPS) is 17.7. The quantitative estimate of drug-likeness (QED) is 0.666. The molecule has 0 unspecified atom stereocenters. The molecule has 0 aliphatic carbocycles. The fraction of sp³-hybridized carbons (Fsp3) is 0.200. The number of anilines is 1. The van der Waals surface area contributed by atoms with Crippen LogP contribution < -0.4 is 10.2 Å². The minimum Gasteiger partial charge on any atom is -0.440 e. The van der Waals surface area contributed by atoms with Gasteiger partial charge in [-0.25, -0.2) is 0 Å². The maximum Gasteiger partial charge on any atom is 0.263 e. The zero-order valence-electron chi connectivity index (χ0n) is 9.11. The fourth-order valence-corrected chi connectivity index (χ4v) is 2.99. The molecule has 1 aromatic rings. The van der Waals surface area contributed by atoms with Gasteiger partial charge in [-0.3, -0.25) is 4.79 Å². The first-order chi connectivity index (χ1) is 7.97. The SMILES string of the molecule is CN(C)c1oc(C=C2SC(=S)NC2=O)cc1Br. The van der Waals surface area contributed by atoms with Crippen molar-refractivity contribution in [3.63, 3.8) is 0 Å². The van der Waals surface area contributed by atoms with Crippen LogP contribution in [-0.4, -0.2) is 24.3 Å². The number of thiocarbonyl (C=S) groups is 1. The molecule has 0 radical (unpaired) electrons. The second-order valence-corrected chi connectivity index (χ2v) is 6.12. The second-order valence-electron chi connectivity index (χ2n) is 3.55. The lowest BCUT2D eigenvalue weighted by atomic mass is 10.4. The predicted molar refractivity (Wildman–Crippen MR) is 77.0 cm³/mol. The highest BCUT2D eigenvalue weighted by molar-refractivity contribution is 9.10. The molecule has 1 amide bonds. The van der Waals surface area contributed by atoms with Gasteiger partial charge < -0.3 is 14.6 Å². The summed E-state index contributed by atoms with van der Waals surface area (Å²) in [5.74, 6) is 1.14. The van der Waals surface area contributed by atoms with Crippen LogP contribution in [0.4, 0.5) is 5.88 Å². The number of amides is 1. The molecular weight excluding hydrogens is 324 g/mol. The summed E-state index contributed by atoms with van der Waals surface area (Å²) < 4.78 is 6.91. The third-order valence-electron chi connectivity index (χ3n) is 2.01. The molecule has 4 nitrogen and oxygen atoms in total. The molecule has 0 spiro atoms. The van der Waals surface area contributed by atoms with E-state index in [0.717, 1.165) is 4.47 Å². The molecule has 0 saturated carbocycles. The third-order valence-corrected chi connectivity index (χ3v) is 3.74. The molecule has 0 aromatic carbocycles. The highest BCUT2D eigenvalue weighted by atomic mass is 79.9. The van der Waals surface area contributed by atoms with Crippen LogP contribution in [0, 0.1) is 0 Å². The smallest absolute Gasteiger partial charge is 0.263 e. The maximum atomic E-state index is 11.5. The van der Waals surface area contributed by atoms with Crippen LogP contribution in [0.5, 0.6) is 0 Å². The van der Waals surface area contributed by atoms with E-state index < -0.39 is 0 Å². The van der Waals surface area contributed by atoms with Crippen molar-refractivity contribution >= 4 is 62.1 Å². The zero-order chi connectivity index (χ0) is 12.6. The molecule has 2 rings (SSSR count). The highest BCUT2D eigenvalue weighted by Gasteiger charge is 2.23. The largest absolute Gasteiger partial charge is 0.440 e. The first kappa shape index (κ1) is 12.7. The topological polar surface area (TPSA) is 45.5 Å². The van der Waals surface area contributed by atoms with Crippen molar-refractivity contribution in [3.8, 4) is 0 Å². The molecule has 0 atom stereocenters. The van der Waals surface area contributed by atoms with Gasteiger partial charge in [-0.15, -0.1) is 0 Å². The van der Waals surface area contributed by atoms with Gasteiger partial charge in [0.25, 0.3) is 5.91 Å². The van der Waals surface area contributed by atoms with E-state index in [4.69, 9.17) is 16.6 Å². The summed E-state index contributed by atoms with van der Waals surface area (Å²) >= 11 is 9.54. The first-order valence-corrected chi connectivity index (χ1v) is 6.70. The molecule has 2 heterocycles. The second kappa shape index (κ2) is 4.83. The van der Waals surface area contributed by atoms with Crippen LogP contribution in [0.1, 0.15) is 5.76 Å². The number of halogens is 1. The van der Waals surface area contributed by atoms with Gasteiger partial charge in [0, 0.05) is 26.2 Å². The Balaban J connectivity index is 2.30. The summed E-state index contributed by atoms with van der Waals surface area (Å²) in [4.78, 5) is 13.9. The van der Waals surface area contributed by atoms with Crippen molar-refractivity contribution in [1.29, 1.82) is 0 Å². The molecule has 7 heteroatoms. The molecular formula is C10H9BrN2O2S2. The molecule has 1 fully saturated rings. The van der Waals surface area contributed by atoms with Gasteiger partial charge in [0.1, 0.15) is 10.1 Å². The van der Waals surface area contributed by atoms with Gasteiger partial charge in [-0.05, 0) is 15.9 Å². The third kappa shape index (κ3) is 2.72. The molecule has 0 bridgehead atoms. The highest BCUT2D eigenvalue weighted by Crippen LogP contribution is 2.32. The van der Waals surface area contributed by atoms with Crippen LogP contribution in [0.2, 0.25) is 0 Å². The minimum absolute atomic E-state index is 0.182. The standard InChI is InChI=1S/C10H9BrN2O2S2/c1-13(2)9-6(11)3-5(15-9)4-7-8(14)12-10(16)17-7/h3-4H,1-2H3,(H,12,14,16). The minimum atomic E-state index is -0.182. The summed E-state index contributed by atoms with van der Waals surface area (Å²) in [5, 5.41) is 2.55. The van der Waals surface area contributed by atoms with E-state index in [1.165, 1.54) is 11.8 Å². The van der Waals surface area contributed by atoms with Crippen molar-refractivity contribution in [1.82, 2.24) is 5.32 Å². The van der Waals surface area contributed by atoms with E-state index in [0.29, 0.717) is 20.9 Å². The van der Waals surface area contributed by atoms with Crippen molar-refractivity contribution in [2.75, 3.05) is 19.0 Å². The number of thioether (sulfide) groups is 1. The Morgan fingerprint density at radius 1 is 1.59 bits per heavy atom.